The van der Waals surface area contributed by atoms with Crippen LogP contribution in [0.4, 0.5) is 8.78 Å². The molecule has 0 bridgehead atoms. The van der Waals surface area contributed by atoms with Gasteiger partial charge < -0.3 is 10.2 Å². The zero-order valence-corrected chi connectivity index (χ0v) is 13.7. The van der Waals surface area contributed by atoms with E-state index in [1.54, 1.807) is 0 Å². The highest BCUT2D eigenvalue weighted by Crippen LogP contribution is 2.33. The molecule has 1 heterocycles. The van der Waals surface area contributed by atoms with Gasteiger partial charge in [-0.2, -0.15) is 0 Å². The summed E-state index contributed by atoms with van der Waals surface area (Å²) in [6.07, 6.45) is 2.91. The van der Waals surface area contributed by atoms with Gasteiger partial charge in [-0.25, -0.2) is 8.78 Å². The molecule has 23 heavy (non-hydrogen) atoms. The first-order chi connectivity index (χ1) is 11.0. The highest BCUT2D eigenvalue weighted by atomic mass is 19.1. The van der Waals surface area contributed by atoms with Gasteiger partial charge in [-0.05, 0) is 50.3 Å². The second-order valence-corrected chi connectivity index (χ2v) is 6.99. The maximum Gasteiger partial charge on any atom is 0.225 e. The van der Waals surface area contributed by atoms with E-state index in [9.17, 15) is 13.6 Å². The Morgan fingerprint density at radius 2 is 2.04 bits per heavy atom. The number of rotatable bonds is 4. The van der Waals surface area contributed by atoms with Crippen molar-refractivity contribution in [2.75, 3.05) is 13.1 Å². The fourth-order valence-corrected chi connectivity index (χ4v) is 3.44. The zero-order valence-electron chi connectivity index (χ0n) is 13.7. The molecular formula is C18H24F2N2O. The summed E-state index contributed by atoms with van der Waals surface area (Å²) < 4.78 is 27.2. The Balaban J connectivity index is 1.60. The van der Waals surface area contributed by atoms with Crippen molar-refractivity contribution < 1.29 is 13.6 Å². The summed E-state index contributed by atoms with van der Waals surface area (Å²) >= 11 is 0. The predicted molar refractivity (Wildman–Crippen MR) is 84.8 cm³/mol. The van der Waals surface area contributed by atoms with E-state index in [1.807, 2.05) is 11.8 Å². The molecule has 3 rings (SSSR count). The molecule has 0 aromatic heterocycles. The van der Waals surface area contributed by atoms with Crippen LogP contribution in [0.15, 0.2) is 18.2 Å². The maximum atomic E-state index is 13.9. The molecule has 1 aliphatic carbocycles. The van der Waals surface area contributed by atoms with E-state index in [0.717, 1.165) is 38.4 Å². The lowest BCUT2D eigenvalue weighted by atomic mass is 9.92. The number of nitrogens with zero attached hydrogens (tertiary/aromatic N) is 1. The smallest absolute Gasteiger partial charge is 0.225 e. The van der Waals surface area contributed by atoms with Gasteiger partial charge >= 0.3 is 0 Å². The molecule has 0 radical (unpaired) electrons. The topological polar surface area (TPSA) is 32.3 Å². The fourth-order valence-electron chi connectivity index (χ4n) is 3.44. The van der Waals surface area contributed by atoms with Crippen molar-refractivity contribution in [1.29, 1.82) is 0 Å². The highest BCUT2D eigenvalue weighted by molar-refractivity contribution is 5.81. The van der Waals surface area contributed by atoms with Gasteiger partial charge in [-0.1, -0.05) is 6.92 Å². The van der Waals surface area contributed by atoms with E-state index in [4.69, 9.17) is 0 Å². The molecule has 2 fully saturated rings. The Kier molecular flexibility index (Phi) is 4.67. The van der Waals surface area contributed by atoms with Crippen LogP contribution >= 0.6 is 0 Å². The summed E-state index contributed by atoms with van der Waals surface area (Å²) in [6.45, 7) is 5.45. The molecule has 1 aromatic carbocycles. The minimum absolute atomic E-state index is 0.205. The van der Waals surface area contributed by atoms with Crippen LogP contribution in [0.25, 0.3) is 0 Å². The van der Waals surface area contributed by atoms with E-state index < -0.39 is 5.82 Å². The van der Waals surface area contributed by atoms with Crippen LogP contribution in [0.5, 0.6) is 0 Å². The largest absolute Gasteiger partial charge is 0.342 e. The van der Waals surface area contributed by atoms with Crippen molar-refractivity contribution in [2.45, 2.75) is 45.2 Å². The van der Waals surface area contributed by atoms with E-state index in [0.29, 0.717) is 17.4 Å². The number of likely N-dealkylation sites (tertiary alicyclic amines) is 1. The van der Waals surface area contributed by atoms with Crippen molar-refractivity contribution in [1.82, 2.24) is 10.2 Å². The van der Waals surface area contributed by atoms with Gasteiger partial charge in [-0.3, -0.25) is 4.79 Å². The Morgan fingerprint density at radius 3 is 2.70 bits per heavy atom. The number of piperidine rings is 1. The Labute approximate surface area is 136 Å². The van der Waals surface area contributed by atoms with Crippen molar-refractivity contribution >= 4 is 5.91 Å². The van der Waals surface area contributed by atoms with Gasteiger partial charge in [0.15, 0.2) is 0 Å². The number of benzene rings is 1. The minimum Gasteiger partial charge on any atom is -0.342 e. The summed E-state index contributed by atoms with van der Waals surface area (Å²) in [6, 6.07) is 3.50. The number of hydrogen-bond donors (Lipinski definition) is 1. The van der Waals surface area contributed by atoms with Gasteiger partial charge in [0.25, 0.3) is 0 Å². The molecule has 3 atom stereocenters. The Morgan fingerprint density at radius 1 is 1.30 bits per heavy atom. The summed E-state index contributed by atoms with van der Waals surface area (Å²) in [5, 5.41) is 3.41. The first-order valence-corrected chi connectivity index (χ1v) is 8.45. The summed E-state index contributed by atoms with van der Waals surface area (Å²) in [4.78, 5) is 14.1. The molecule has 5 heteroatoms. The average molecular weight is 322 g/mol. The third kappa shape index (κ3) is 3.71. The molecule has 1 amide bonds. The van der Waals surface area contributed by atoms with E-state index in [2.05, 4.69) is 12.2 Å². The van der Waals surface area contributed by atoms with Crippen molar-refractivity contribution in [3.05, 3.63) is 35.4 Å². The minimum atomic E-state index is -0.423. The average Bonchev–Trinajstić information content (AvgIpc) is 3.35. The highest BCUT2D eigenvalue weighted by Gasteiger charge is 2.37. The second-order valence-electron chi connectivity index (χ2n) is 6.99. The third-order valence-electron chi connectivity index (χ3n) is 5.03. The monoisotopic (exact) mass is 322 g/mol. The van der Waals surface area contributed by atoms with Gasteiger partial charge in [-0.15, -0.1) is 0 Å². The summed E-state index contributed by atoms with van der Waals surface area (Å²) in [5.41, 5.74) is 0.355. The van der Waals surface area contributed by atoms with Gasteiger partial charge in [0.05, 0.1) is 0 Å². The molecule has 1 aliphatic heterocycles. The lowest BCUT2D eigenvalue weighted by Crippen LogP contribution is -2.51. The number of hydrogen-bond acceptors (Lipinski definition) is 2. The van der Waals surface area contributed by atoms with Crippen LogP contribution in [0.3, 0.4) is 0 Å². The van der Waals surface area contributed by atoms with Crippen LogP contribution < -0.4 is 5.32 Å². The molecule has 126 valence electrons. The summed E-state index contributed by atoms with van der Waals surface area (Å²) in [7, 11) is 0. The first kappa shape index (κ1) is 16.4. The van der Waals surface area contributed by atoms with E-state index in [1.165, 1.54) is 12.1 Å². The van der Waals surface area contributed by atoms with Gasteiger partial charge in [0.1, 0.15) is 11.6 Å². The Hall–Kier alpha value is -1.49. The SMILES string of the molecule is C[C@H](N[C@@H]1CCN(C(=O)C2CC2)C[C@H]1C)c1cc(F)ccc1F. The van der Waals surface area contributed by atoms with Crippen LogP contribution in [0.1, 0.15) is 44.7 Å². The molecule has 0 spiro atoms. The molecule has 1 aromatic rings. The molecule has 3 nitrogen and oxygen atoms in total. The van der Waals surface area contributed by atoms with Crippen molar-refractivity contribution in [2.24, 2.45) is 11.8 Å². The standard InChI is InChI=1S/C18H24F2N2O/c1-11-10-22(18(23)13-3-4-13)8-7-17(11)21-12(2)15-9-14(19)5-6-16(15)20/h5-6,9,11-13,17,21H,3-4,7-8,10H2,1-2H3/t11-,12+,17-/m1/s1. The number of carbonyl (C=O) groups is 1. The Bertz CT molecular complexity index is 588. The molecule has 0 unspecified atom stereocenters. The van der Waals surface area contributed by atoms with Gasteiger partial charge in [0.2, 0.25) is 5.91 Å². The van der Waals surface area contributed by atoms with E-state index >= 15 is 0 Å². The van der Waals surface area contributed by atoms with Crippen LogP contribution in [0.2, 0.25) is 0 Å². The molecule has 1 saturated carbocycles. The summed E-state index contributed by atoms with van der Waals surface area (Å²) in [5.74, 6) is 0.0328. The number of amides is 1. The first-order valence-electron chi connectivity index (χ1n) is 8.45. The molecule has 2 aliphatic rings. The van der Waals surface area contributed by atoms with E-state index in [-0.39, 0.29) is 23.8 Å². The van der Waals surface area contributed by atoms with Gasteiger partial charge in [0, 0.05) is 36.7 Å². The fraction of sp³-hybridized carbons (Fsp3) is 0.611. The second kappa shape index (κ2) is 6.56. The zero-order chi connectivity index (χ0) is 16.6. The molecule has 1 saturated heterocycles. The quantitative estimate of drug-likeness (QED) is 0.923. The normalized spacial score (nSPS) is 26.2. The lowest BCUT2D eigenvalue weighted by molar-refractivity contribution is -0.134. The molecular weight excluding hydrogens is 298 g/mol. The van der Waals surface area contributed by atoms with Crippen LogP contribution in [-0.2, 0) is 4.79 Å². The van der Waals surface area contributed by atoms with Crippen molar-refractivity contribution in [3.63, 3.8) is 0 Å². The number of halogens is 2. The third-order valence-corrected chi connectivity index (χ3v) is 5.03. The number of carbonyl (C=O) groups excluding carboxylic acids is 1. The van der Waals surface area contributed by atoms with Crippen LogP contribution in [-0.4, -0.2) is 29.9 Å². The van der Waals surface area contributed by atoms with Crippen molar-refractivity contribution in [3.8, 4) is 0 Å². The lowest BCUT2D eigenvalue weighted by Gasteiger charge is -2.39. The number of nitrogens with one attached hydrogen (secondary N) is 1. The van der Waals surface area contributed by atoms with Crippen LogP contribution in [0, 0.1) is 23.5 Å². The molecule has 1 N–H and O–H groups in total. The maximum absolute atomic E-state index is 13.9. The predicted octanol–water partition coefficient (Wildman–Crippen LogP) is 3.26.